The Morgan fingerprint density at radius 1 is 1.17 bits per heavy atom. The second-order valence-electron chi connectivity index (χ2n) is 5.79. The molecule has 1 amide bonds. The fourth-order valence-corrected chi connectivity index (χ4v) is 2.67. The third kappa shape index (κ3) is 2.95. The van der Waals surface area contributed by atoms with Gasteiger partial charge < -0.3 is 5.32 Å². The minimum atomic E-state index is 0.0134. The van der Waals surface area contributed by atoms with Crippen LogP contribution in [0.25, 0.3) is 22.3 Å². The van der Waals surface area contributed by atoms with Gasteiger partial charge in [0, 0.05) is 30.7 Å². The van der Waals surface area contributed by atoms with Crippen LogP contribution in [0, 0.1) is 13.8 Å². The summed E-state index contributed by atoms with van der Waals surface area (Å²) in [6, 6.07) is 7.94. The molecule has 0 radical (unpaired) electrons. The van der Waals surface area contributed by atoms with Crippen LogP contribution in [0.3, 0.4) is 0 Å². The molecule has 2 heterocycles. The van der Waals surface area contributed by atoms with Gasteiger partial charge in [-0.25, -0.2) is 4.98 Å². The van der Waals surface area contributed by atoms with Crippen LogP contribution in [0.5, 0.6) is 0 Å². The summed E-state index contributed by atoms with van der Waals surface area (Å²) in [4.78, 5) is 16.4. The number of carbonyl (C=O) groups is 1. The standard InChI is InChI=1S/C18H20N4O/c1-5-17(23)19-13-8-12(3)18-14(10-13)11(2)9-16(20-18)15-6-7-22(4)21-15/h6-10H,5H2,1-4H3,(H,19,23). The van der Waals surface area contributed by atoms with Crippen molar-refractivity contribution in [1.29, 1.82) is 0 Å². The summed E-state index contributed by atoms with van der Waals surface area (Å²) < 4.78 is 1.77. The number of nitrogens with zero attached hydrogens (tertiary/aromatic N) is 3. The summed E-state index contributed by atoms with van der Waals surface area (Å²) in [5, 5.41) is 8.39. The zero-order valence-corrected chi connectivity index (χ0v) is 13.8. The van der Waals surface area contributed by atoms with Crippen molar-refractivity contribution >= 4 is 22.5 Å². The first-order valence-corrected chi connectivity index (χ1v) is 7.70. The van der Waals surface area contributed by atoms with Crippen molar-refractivity contribution in [2.75, 3.05) is 5.32 Å². The maximum absolute atomic E-state index is 11.6. The quantitative estimate of drug-likeness (QED) is 0.804. The fraction of sp³-hybridized carbons (Fsp3) is 0.278. The van der Waals surface area contributed by atoms with E-state index in [0.29, 0.717) is 6.42 Å². The number of anilines is 1. The number of aryl methyl sites for hydroxylation is 3. The average Bonchev–Trinajstić information content (AvgIpc) is 2.94. The maximum atomic E-state index is 11.6. The maximum Gasteiger partial charge on any atom is 0.224 e. The van der Waals surface area contributed by atoms with Gasteiger partial charge in [-0.1, -0.05) is 6.92 Å². The molecule has 0 aliphatic heterocycles. The Morgan fingerprint density at radius 2 is 1.96 bits per heavy atom. The molecule has 0 saturated carbocycles. The van der Waals surface area contributed by atoms with Crippen molar-refractivity contribution in [2.24, 2.45) is 7.05 Å². The molecule has 23 heavy (non-hydrogen) atoms. The molecular formula is C18H20N4O. The van der Waals surface area contributed by atoms with E-state index >= 15 is 0 Å². The summed E-state index contributed by atoms with van der Waals surface area (Å²) in [6.07, 6.45) is 2.37. The monoisotopic (exact) mass is 308 g/mol. The molecule has 118 valence electrons. The summed E-state index contributed by atoms with van der Waals surface area (Å²) in [5.74, 6) is 0.0134. The topological polar surface area (TPSA) is 59.8 Å². The van der Waals surface area contributed by atoms with Crippen LogP contribution in [-0.2, 0) is 11.8 Å². The van der Waals surface area contributed by atoms with Crippen LogP contribution in [0.1, 0.15) is 24.5 Å². The summed E-state index contributed by atoms with van der Waals surface area (Å²) in [5.41, 5.74) is 5.64. The molecule has 5 nitrogen and oxygen atoms in total. The van der Waals surface area contributed by atoms with Crippen molar-refractivity contribution in [3.63, 3.8) is 0 Å². The van der Waals surface area contributed by atoms with Crippen molar-refractivity contribution in [3.8, 4) is 11.4 Å². The van der Waals surface area contributed by atoms with Gasteiger partial charge in [0.2, 0.25) is 5.91 Å². The lowest BCUT2D eigenvalue weighted by atomic mass is 10.0. The summed E-state index contributed by atoms with van der Waals surface area (Å²) in [6.45, 7) is 5.91. The Hall–Kier alpha value is -2.69. The van der Waals surface area contributed by atoms with E-state index in [1.807, 2.05) is 51.4 Å². The molecule has 0 spiro atoms. The molecule has 0 fully saturated rings. The van der Waals surface area contributed by atoms with Crippen molar-refractivity contribution in [2.45, 2.75) is 27.2 Å². The Kier molecular flexibility index (Phi) is 3.86. The van der Waals surface area contributed by atoms with Crippen LogP contribution in [-0.4, -0.2) is 20.7 Å². The molecule has 0 atom stereocenters. The van der Waals surface area contributed by atoms with Crippen LogP contribution in [0.2, 0.25) is 0 Å². The van der Waals surface area contributed by atoms with Gasteiger partial charge in [-0.2, -0.15) is 5.10 Å². The smallest absolute Gasteiger partial charge is 0.224 e. The van der Waals surface area contributed by atoms with E-state index in [9.17, 15) is 4.79 Å². The predicted molar refractivity (Wildman–Crippen MR) is 92.3 cm³/mol. The van der Waals surface area contributed by atoms with Gasteiger partial charge in [-0.3, -0.25) is 9.48 Å². The number of hydrogen-bond donors (Lipinski definition) is 1. The zero-order chi connectivity index (χ0) is 16.6. The van der Waals surface area contributed by atoms with Gasteiger partial charge in [0.25, 0.3) is 0 Å². The Bertz CT molecular complexity index is 895. The molecule has 0 aliphatic rings. The Morgan fingerprint density at radius 3 is 2.61 bits per heavy atom. The summed E-state index contributed by atoms with van der Waals surface area (Å²) >= 11 is 0. The number of carbonyl (C=O) groups excluding carboxylic acids is 1. The summed E-state index contributed by atoms with van der Waals surface area (Å²) in [7, 11) is 1.89. The Labute approximate surface area is 135 Å². The molecule has 3 rings (SSSR count). The van der Waals surface area contributed by atoms with Gasteiger partial charge in [0.1, 0.15) is 5.69 Å². The van der Waals surface area contributed by atoms with Gasteiger partial charge in [0.05, 0.1) is 11.2 Å². The highest BCUT2D eigenvalue weighted by atomic mass is 16.1. The van der Waals surface area contributed by atoms with E-state index in [1.54, 1.807) is 4.68 Å². The fourth-order valence-electron chi connectivity index (χ4n) is 2.67. The minimum absolute atomic E-state index is 0.0134. The highest BCUT2D eigenvalue weighted by molar-refractivity contribution is 5.96. The van der Waals surface area contributed by atoms with Crippen molar-refractivity contribution in [3.05, 3.63) is 41.6 Å². The normalized spacial score (nSPS) is 11.0. The third-order valence-electron chi connectivity index (χ3n) is 3.89. The first kappa shape index (κ1) is 15.2. The van der Waals surface area contributed by atoms with Gasteiger partial charge in [-0.15, -0.1) is 0 Å². The van der Waals surface area contributed by atoms with E-state index in [-0.39, 0.29) is 5.91 Å². The highest BCUT2D eigenvalue weighted by Gasteiger charge is 2.11. The molecule has 0 aliphatic carbocycles. The van der Waals surface area contributed by atoms with Crippen LogP contribution < -0.4 is 5.32 Å². The largest absolute Gasteiger partial charge is 0.326 e. The zero-order valence-electron chi connectivity index (χ0n) is 13.8. The number of fused-ring (bicyclic) bond motifs is 1. The average molecular weight is 308 g/mol. The number of nitrogens with one attached hydrogen (secondary N) is 1. The third-order valence-corrected chi connectivity index (χ3v) is 3.89. The number of benzene rings is 1. The van der Waals surface area contributed by atoms with E-state index in [1.165, 1.54) is 0 Å². The minimum Gasteiger partial charge on any atom is -0.326 e. The highest BCUT2D eigenvalue weighted by Crippen LogP contribution is 2.28. The number of hydrogen-bond acceptors (Lipinski definition) is 3. The SMILES string of the molecule is CCC(=O)Nc1cc(C)c2nc(-c3ccn(C)n3)cc(C)c2c1. The van der Waals surface area contributed by atoms with Crippen LogP contribution in [0.4, 0.5) is 5.69 Å². The molecule has 5 heteroatoms. The lowest BCUT2D eigenvalue weighted by molar-refractivity contribution is -0.115. The van der Waals surface area contributed by atoms with Gasteiger partial charge >= 0.3 is 0 Å². The molecule has 0 unspecified atom stereocenters. The number of pyridine rings is 1. The molecule has 3 aromatic rings. The molecule has 1 N–H and O–H groups in total. The molecular weight excluding hydrogens is 288 g/mol. The second-order valence-corrected chi connectivity index (χ2v) is 5.79. The van der Waals surface area contributed by atoms with Crippen LogP contribution >= 0.6 is 0 Å². The molecule has 0 saturated heterocycles. The first-order valence-electron chi connectivity index (χ1n) is 7.70. The lowest BCUT2D eigenvalue weighted by Crippen LogP contribution is -2.09. The van der Waals surface area contributed by atoms with E-state index in [2.05, 4.69) is 17.3 Å². The van der Waals surface area contributed by atoms with Gasteiger partial charge in [0.15, 0.2) is 0 Å². The first-order chi connectivity index (χ1) is 11.0. The van der Waals surface area contributed by atoms with E-state index in [4.69, 9.17) is 4.98 Å². The second kappa shape index (κ2) is 5.83. The molecule has 0 bridgehead atoms. The van der Waals surface area contributed by atoms with E-state index < -0.39 is 0 Å². The number of rotatable bonds is 3. The molecule has 2 aromatic heterocycles. The Balaban J connectivity index is 2.12. The lowest BCUT2D eigenvalue weighted by Gasteiger charge is -2.11. The van der Waals surface area contributed by atoms with Crippen LogP contribution in [0.15, 0.2) is 30.5 Å². The predicted octanol–water partition coefficient (Wildman–Crippen LogP) is 3.60. The number of aromatic nitrogens is 3. The van der Waals surface area contributed by atoms with Crippen molar-refractivity contribution in [1.82, 2.24) is 14.8 Å². The van der Waals surface area contributed by atoms with Crippen molar-refractivity contribution < 1.29 is 4.79 Å². The molecule has 1 aromatic carbocycles. The van der Waals surface area contributed by atoms with E-state index in [0.717, 1.165) is 39.1 Å². The number of amides is 1. The van der Waals surface area contributed by atoms with Gasteiger partial charge in [-0.05, 0) is 49.2 Å².